The van der Waals surface area contributed by atoms with Gasteiger partial charge in [-0.2, -0.15) is 0 Å². The third-order valence-electron chi connectivity index (χ3n) is 5.08. The number of nitrogens with two attached hydrogens (primary N) is 1. The van der Waals surface area contributed by atoms with Gasteiger partial charge in [0.2, 0.25) is 0 Å². The van der Waals surface area contributed by atoms with Crippen LogP contribution in [0.5, 0.6) is 0 Å². The Bertz CT molecular complexity index is 497. The molecule has 0 aliphatic heterocycles. The molecule has 7 N–H and O–H groups in total. The highest BCUT2D eigenvalue weighted by Crippen LogP contribution is 2.15. The van der Waals surface area contributed by atoms with Gasteiger partial charge in [0.05, 0.1) is 6.61 Å². The second kappa shape index (κ2) is 15.5. The number of Topliss-reactive ketones (excluding diaryl/α,β-unsaturated/α-hetero) is 1. The van der Waals surface area contributed by atoms with E-state index < -0.39 is 36.4 Å². The number of hydrogen-bond acceptors (Lipinski definition) is 7. The summed E-state index contributed by atoms with van der Waals surface area (Å²) in [5.74, 6) is -1.35. The van der Waals surface area contributed by atoms with Gasteiger partial charge in [-0.25, -0.2) is 0 Å². The van der Waals surface area contributed by atoms with Crippen LogP contribution in [0.1, 0.15) is 77.6 Å². The zero-order valence-electron chi connectivity index (χ0n) is 17.5. The SMILES string of the molecule is CCCCCCC(=O)CCCCCCC=CC(O)C(O)C(O)C(N)(CO)C(=O)O. The summed E-state index contributed by atoms with van der Waals surface area (Å²) < 4.78 is 0. The summed E-state index contributed by atoms with van der Waals surface area (Å²) in [4.78, 5) is 22.8. The molecule has 4 unspecified atom stereocenters. The number of aliphatic carboxylic acids is 1. The number of carboxylic acid groups (broad SMARTS) is 1. The Morgan fingerprint density at radius 1 is 0.966 bits per heavy atom. The lowest BCUT2D eigenvalue weighted by atomic mass is 9.88. The topological polar surface area (TPSA) is 161 Å². The Labute approximate surface area is 173 Å². The summed E-state index contributed by atoms with van der Waals surface area (Å²) in [6.45, 7) is 1.06. The quantitative estimate of drug-likeness (QED) is 0.144. The van der Waals surface area contributed by atoms with E-state index in [9.17, 15) is 24.9 Å². The maximum absolute atomic E-state index is 11.7. The van der Waals surface area contributed by atoms with Gasteiger partial charge in [-0.15, -0.1) is 0 Å². The molecule has 0 heterocycles. The molecular formula is C21H39NO7. The van der Waals surface area contributed by atoms with Gasteiger partial charge in [-0.3, -0.25) is 9.59 Å². The fraction of sp³-hybridized carbons (Fsp3) is 0.810. The van der Waals surface area contributed by atoms with Crippen LogP contribution >= 0.6 is 0 Å². The van der Waals surface area contributed by atoms with Gasteiger partial charge in [0, 0.05) is 12.8 Å². The number of aliphatic hydroxyl groups excluding tert-OH is 4. The Kier molecular flexibility index (Phi) is 14.8. The molecule has 0 saturated carbocycles. The number of allylic oxidation sites excluding steroid dienone is 1. The van der Waals surface area contributed by atoms with Gasteiger partial charge in [0.25, 0.3) is 0 Å². The van der Waals surface area contributed by atoms with E-state index in [1.54, 1.807) is 6.08 Å². The van der Waals surface area contributed by atoms with E-state index in [0.717, 1.165) is 44.9 Å². The minimum absolute atomic E-state index is 0.330. The van der Waals surface area contributed by atoms with Crippen molar-refractivity contribution in [2.75, 3.05) is 6.61 Å². The fourth-order valence-electron chi connectivity index (χ4n) is 2.94. The minimum Gasteiger partial charge on any atom is -0.480 e. The van der Waals surface area contributed by atoms with E-state index in [1.807, 2.05) is 0 Å². The van der Waals surface area contributed by atoms with Crippen molar-refractivity contribution in [1.29, 1.82) is 0 Å². The van der Waals surface area contributed by atoms with Crippen LogP contribution in [0.4, 0.5) is 0 Å². The Hall–Kier alpha value is -1.32. The molecule has 4 atom stereocenters. The van der Waals surface area contributed by atoms with Crippen molar-refractivity contribution in [1.82, 2.24) is 0 Å². The molecule has 0 aromatic carbocycles. The maximum Gasteiger partial charge on any atom is 0.328 e. The Balaban J connectivity index is 3.99. The molecule has 0 rings (SSSR count). The molecule has 170 valence electrons. The summed E-state index contributed by atoms with van der Waals surface area (Å²) in [7, 11) is 0. The van der Waals surface area contributed by atoms with Crippen molar-refractivity contribution in [3.63, 3.8) is 0 Å². The monoisotopic (exact) mass is 417 g/mol. The van der Waals surface area contributed by atoms with Crippen LogP contribution < -0.4 is 5.73 Å². The number of carbonyl (C=O) groups excluding carboxylic acids is 1. The first-order chi connectivity index (χ1) is 13.7. The van der Waals surface area contributed by atoms with Crippen LogP contribution in [0.3, 0.4) is 0 Å². The second-order valence-electron chi connectivity index (χ2n) is 7.66. The predicted molar refractivity (Wildman–Crippen MR) is 110 cm³/mol. The first kappa shape index (κ1) is 27.7. The van der Waals surface area contributed by atoms with Crippen molar-refractivity contribution in [3.8, 4) is 0 Å². The summed E-state index contributed by atoms with van der Waals surface area (Å²) in [6, 6.07) is 0. The first-order valence-electron chi connectivity index (χ1n) is 10.6. The van der Waals surface area contributed by atoms with Crippen molar-refractivity contribution < 1.29 is 35.1 Å². The Morgan fingerprint density at radius 3 is 2.03 bits per heavy atom. The molecule has 8 nitrogen and oxygen atoms in total. The third-order valence-corrected chi connectivity index (χ3v) is 5.08. The number of carboxylic acids is 1. The van der Waals surface area contributed by atoms with Crippen LogP contribution in [-0.4, -0.2) is 67.7 Å². The van der Waals surface area contributed by atoms with Crippen molar-refractivity contribution in [3.05, 3.63) is 12.2 Å². The van der Waals surface area contributed by atoms with Gasteiger partial charge in [0.15, 0.2) is 5.54 Å². The summed E-state index contributed by atoms with van der Waals surface area (Å²) >= 11 is 0. The van der Waals surface area contributed by atoms with Gasteiger partial charge in [-0.1, -0.05) is 51.2 Å². The molecular weight excluding hydrogens is 378 g/mol. The zero-order valence-corrected chi connectivity index (χ0v) is 17.5. The number of hydrogen-bond donors (Lipinski definition) is 6. The van der Waals surface area contributed by atoms with Gasteiger partial charge >= 0.3 is 5.97 Å². The van der Waals surface area contributed by atoms with Crippen LogP contribution in [0.15, 0.2) is 12.2 Å². The highest BCUT2D eigenvalue weighted by molar-refractivity contribution is 5.79. The average molecular weight is 418 g/mol. The smallest absolute Gasteiger partial charge is 0.328 e. The molecule has 0 amide bonds. The fourth-order valence-corrected chi connectivity index (χ4v) is 2.94. The zero-order chi connectivity index (χ0) is 22.3. The van der Waals surface area contributed by atoms with Crippen LogP contribution in [0.2, 0.25) is 0 Å². The standard InChI is InChI=1S/C21H39NO7/c1-2-3-4-9-12-16(24)13-10-7-5-6-8-11-14-17(25)18(26)19(27)21(22,15-23)20(28)29/h11,14,17-19,23,25-27H,2-10,12-13,15,22H2,1H3,(H,28,29). The van der Waals surface area contributed by atoms with E-state index >= 15 is 0 Å². The van der Waals surface area contributed by atoms with E-state index in [4.69, 9.17) is 15.9 Å². The van der Waals surface area contributed by atoms with Crippen molar-refractivity contribution in [2.24, 2.45) is 5.73 Å². The molecule has 0 aromatic rings. The molecule has 0 fully saturated rings. The molecule has 0 aromatic heterocycles. The minimum atomic E-state index is -2.46. The number of unbranched alkanes of at least 4 members (excludes halogenated alkanes) is 7. The van der Waals surface area contributed by atoms with Gasteiger partial charge in [-0.05, 0) is 25.7 Å². The predicted octanol–water partition coefficient (Wildman–Crippen LogP) is 1.28. The summed E-state index contributed by atoms with van der Waals surface area (Å²) in [5, 5.41) is 47.7. The second-order valence-corrected chi connectivity index (χ2v) is 7.66. The third kappa shape index (κ3) is 10.9. The van der Waals surface area contributed by atoms with Crippen LogP contribution in [0, 0.1) is 0 Å². The van der Waals surface area contributed by atoms with E-state index in [0.29, 0.717) is 25.0 Å². The summed E-state index contributed by atoms with van der Waals surface area (Å²) in [5.41, 5.74) is 2.93. The molecule has 0 radical (unpaired) electrons. The molecule has 0 bridgehead atoms. The normalized spacial score (nSPS) is 17.0. The van der Waals surface area contributed by atoms with Crippen molar-refractivity contribution >= 4 is 11.8 Å². The molecule has 29 heavy (non-hydrogen) atoms. The molecule has 0 saturated heterocycles. The average Bonchev–Trinajstić information content (AvgIpc) is 2.70. The van der Waals surface area contributed by atoms with Gasteiger partial charge in [0.1, 0.15) is 24.1 Å². The maximum atomic E-state index is 11.7. The molecule has 0 spiro atoms. The number of rotatable bonds is 18. The lowest BCUT2D eigenvalue weighted by Crippen LogP contribution is -2.65. The van der Waals surface area contributed by atoms with E-state index in [2.05, 4.69) is 6.92 Å². The Morgan fingerprint density at radius 2 is 1.52 bits per heavy atom. The lowest BCUT2D eigenvalue weighted by Gasteiger charge is -2.32. The van der Waals surface area contributed by atoms with E-state index in [-0.39, 0.29) is 0 Å². The van der Waals surface area contributed by atoms with Crippen LogP contribution in [0.25, 0.3) is 0 Å². The highest BCUT2D eigenvalue weighted by atomic mass is 16.4. The molecule has 0 aliphatic rings. The van der Waals surface area contributed by atoms with E-state index in [1.165, 1.54) is 12.5 Å². The molecule has 0 aliphatic carbocycles. The molecule has 8 heteroatoms. The largest absolute Gasteiger partial charge is 0.480 e. The highest BCUT2D eigenvalue weighted by Gasteiger charge is 2.46. The lowest BCUT2D eigenvalue weighted by molar-refractivity contribution is -0.158. The number of aliphatic hydroxyl groups is 4. The number of ketones is 1. The number of carbonyl (C=O) groups is 2. The van der Waals surface area contributed by atoms with Crippen LogP contribution in [-0.2, 0) is 9.59 Å². The first-order valence-corrected chi connectivity index (χ1v) is 10.6. The summed E-state index contributed by atoms with van der Waals surface area (Å²) in [6.07, 6.45) is 7.50. The van der Waals surface area contributed by atoms with Crippen molar-refractivity contribution in [2.45, 2.75) is 101 Å². The van der Waals surface area contributed by atoms with Gasteiger partial charge < -0.3 is 31.3 Å².